The number of rotatable bonds is 6. The van der Waals surface area contributed by atoms with Gasteiger partial charge in [-0.1, -0.05) is 12.1 Å². The Balaban J connectivity index is 1.71. The monoisotopic (exact) mass is 420 g/mol. The summed E-state index contributed by atoms with van der Waals surface area (Å²) >= 11 is 0. The van der Waals surface area contributed by atoms with E-state index in [1.54, 1.807) is 31.2 Å². The minimum atomic E-state index is -3.72. The van der Waals surface area contributed by atoms with E-state index in [0.29, 0.717) is 30.7 Å². The highest BCUT2D eigenvalue weighted by molar-refractivity contribution is 7.89. The molecule has 0 aliphatic carbocycles. The summed E-state index contributed by atoms with van der Waals surface area (Å²) in [4.78, 5) is 13.0. The van der Waals surface area contributed by atoms with Crippen molar-refractivity contribution in [3.63, 3.8) is 0 Å². The van der Waals surface area contributed by atoms with Gasteiger partial charge in [-0.25, -0.2) is 12.8 Å². The zero-order valence-electron chi connectivity index (χ0n) is 16.5. The quantitative estimate of drug-likeness (QED) is 0.780. The highest BCUT2D eigenvalue weighted by atomic mass is 32.2. The summed E-state index contributed by atoms with van der Waals surface area (Å²) in [5.41, 5.74) is -0.203. The van der Waals surface area contributed by atoms with Gasteiger partial charge < -0.3 is 10.1 Å². The summed E-state index contributed by atoms with van der Waals surface area (Å²) in [5, 5.41) is 2.82. The minimum absolute atomic E-state index is 0.0936. The maximum absolute atomic E-state index is 13.3. The van der Waals surface area contributed by atoms with Crippen molar-refractivity contribution >= 4 is 15.9 Å². The fraction of sp³-hybridized carbons (Fsp3) is 0.381. The number of ether oxygens (including phenoxy) is 1. The lowest BCUT2D eigenvalue weighted by molar-refractivity contribution is -0.132. The fourth-order valence-electron chi connectivity index (χ4n) is 3.52. The van der Waals surface area contributed by atoms with Crippen molar-refractivity contribution in [2.45, 2.75) is 31.2 Å². The van der Waals surface area contributed by atoms with Crippen molar-refractivity contribution in [3.8, 4) is 5.75 Å². The number of hydrogen-bond donors (Lipinski definition) is 1. The average Bonchev–Trinajstić information content (AvgIpc) is 2.72. The highest BCUT2D eigenvalue weighted by Gasteiger charge is 2.41. The van der Waals surface area contributed by atoms with Crippen molar-refractivity contribution in [2.75, 3.05) is 20.2 Å². The summed E-state index contributed by atoms with van der Waals surface area (Å²) in [6.07, 6.45) is 1.16. The number of nitrogens with zero attached hydrogens (tertiary/aromatic N) is 1. The topological polar surface area (TPSA) is 75.7 Å². The Hall–Kier alpha value is -2.45. The first-order valence-electron chi connectivity index (χ1n) is 9.41. The van der Waals surface area contributed by atoms with Gasteiger partial charge in [-0.05, 0) is 61.7 Å². The van der Waals surface area contributed by atoms with Gasteiger partial charge in [0.2, 0.25) is 15.9 Å². The Bertz CT molecular complexity index is 978. The summed E-state index contributed by atoms with van der Waals surface area (Å²) in [6, 6.07) is 12.2. The smallest absolute Gasteiger partial charge is 0.243 e. The van der Waals surface area contributed by atoms with E-state index in [4.69, 9.17) is 4.74 Å². The third-order valence-electron chi connectivity index (χ3n) is 5.25. The van der Waals surface area contributed by atoms with Crippen LogP contribution < -0.4 is 10.1 Å². The first-order valence-corrected chi connectivity index (χ1v) is 10.9. The molecule has 1 amide bonds. The molecule has 0 unspecified atom stereocenters. The molecular formula is C21H25FN2O4S. The van der Waals surface area contributed by atoms with Crippen LogP contribution in [-0.4, -0.2) is 38.8 Å². The molecule has 29 heavy (non-hydrogen) atoms. The number of amides is 1. The Morgan fingerprint density at radius 1 is 1.24 bits per heavy atom. The van der Waals surface area contributed by atoms with Crippen molar-refractivity contribution in [3.05, 3.63) is 59.9 Å². The maximum Gasteiger partial charge on any atom is 0.243 e. The van der Waals surface area contributed by atoms with Crippen LogP contribution in [0.5, 0.6) is 5.75 Å². The standard InChI is InChI=1S/C21H25FN2O4S/c1-21(20(25)23-14-16-5-3-6-17(22)13-16)11-4-12-24(15-21)29(26,27)19-9-7-18(28-2)8-10-19/h3,5-10,13H,4,11-12,14-15H2,1-2H3,(H,23,25)/t21-/m1/s1. The van der Waals surface area contributed by atoms with E-state index in [1.165, 1.54) is 35.7 Å². The van der Waals surface area contributed by atoms with E-state index >= 15 is 0 Å². The molecule has 0 aromatic heterocycles. The van der Waals surface area contributed by atoms with Crippen LogP contribution >= 0.6 is 0 Å². The van der Waals surface area contributed by atoms with Gasteiger partial charge in [0, 0.05) is 19.6 Å². The van der Waals surface area contributed by atoms with E-state index in [-0.39, 0.29) is 29.7 Å². The van der Waals surface area contributed by atoms with Crippen molar-refractivity contribution in [1.82, 2.24) is 9.62 Å². The number of hydrogen-bond acceptors (Lipinski definition) is 4. The van der Waals surface area contributed by atoms with Crippen LogP contribution in [0.3, 0.4) is 0 Å². The van der Waals surface area contributed by atoms with E-state index in [9.17, 15) is 17.6 Å². The van der Waals surface area contributed by atoms with Crippen LogP contribution in [0.2, 0.25) is 0 Å². The third-order valence-corrected chi connectivity index (χ3v) is 7.11. The van der Waals surface area contributed by atoms with Gasteiger partial charge in [0.15, 0.2) is 0 Å². The zero-order valence-corrected chi connectivity index (χ0v) is 17.3. The largest absolute Gasteiger partial charge is 0.497 e. The molecule has 1 heterocycles. The van der Waals surface area contributed by atoms with Gasteiger partial charge in [-0.15, -0.1) is 0 Å². The second-order valence-corrected chi connectivity index (χ2v) is 9.43. The van der Waals surface area contributed by atoms with Gasteiger partial charge >= 0.3 is 0 Å². The van der Waals surface area contributed by atoms with Crippen molar-refractivity contribution in [2.24, 2.45) is 5.41 Å². The highest BCUT2D eigenvalue weighted by Crippen LogP contribution is 2.33. The molecular weight excluding hydrogens is 395 g/mol. The molecule has 1 saturated heterocycles. The lowest BCUT2D eigenvalue weighted by Crippen LogP contribution is -2.51. The van der Waals surface area contributed by atoms with E-state index in [1.807, 2.05) is 0 Å². The van der Waals surface area contributed by atoms with E-state index in [2.05, 4.69) is 5.32 Å². The van der Waals surface area contributed by atoms with Crippen molar-refractivity contribution < 1.29 is 22.3 Å². The number of methoxy groups -OCH3 is 1. The lowest BCUT2D eigenvalue weighted by Gasteiger charge is -2.38. The predicted octanol–water partition coefficient (Wildman–Crippen LogP) is 2.94. The Labute approximate surface area is 170 Å². The molecule has 6 nitrogen and oxygen atoms in total. The lowest BCUT2D eigenvalue weighted by atomic mass is 9.82. The first kappa shape index (κ1) is 21.3. The van der Waals surface area contributed by atoms with Crippen LogP contribution in [0.25, 0.3) is 0 Å². The molecule has 3 rings (SSSR count). The van der Waals surface area contributed by atoms with Crippen LogP contribution in [0, 0.1) is 11.2 Å². The van der Waals surface area contributed by atoms with E-state index in [0.717, 1.165) is 0 Å². The number of halogens is 1. The number of sulfonamides is 1. The predicted molar refractivity (Wildman–Crippen MR) is 107 cm³/mol. The molecule has 0 spiro atoms. The Morgan fingerprint density at radius 3 is 2.62 bits per heavy atom. The first-order chi connectivity index (χ1) is 13.7. The van der Waals surface area contributed by atoms with Gasteiger partial charge in [0.1, 0.15) is 11.6 Å². The molecule has 1 fully saturated rings. The van der Waals surface area contributed by atoms with Crippen LogP contribution in [0.1, 0.15) is 25.3 Å². The normalized spacial score (nSPS) is 20.2. The summed E-state index contributed by atoms with van der Waals surface area (Å²) in [5.74, 6) is -0.0297. The number of benzene rings is 2. The summed E-state index contributed by atoms with van der Waals surface area (Å²) < 4.78 is 45.8. The zero-order chi connectivity index (χ0) is 21.1. The molecule has 1 N–H and O–H groups in total. The number of carbonyl (C=O) groups is 1. The van der Waals surface area contributed by atoms with Crippen LogP contribution in [0.4, 0.5) is 4.39 Å². The second kappa shape index (κ2) is 8.51. The molecule has 156 valence electrons. The van der Waals surface area contributed by atoms with E-state index < -0.39 is 15.4 Å². The van der Waals surface area contributed by atoms with Gasteiger partial charge in [-0.3, -0.25) is 4.79 Å². The molecule has 8 heteroatoms. The molecule has 0 saturated carbocycles. The molecule has 0 radical (unpaired) electrons. The summed E-state index contributed by atoms with van der Waals surface area (Å²) in [7, 11) is -2.20. The molecule has 1 aliphatic heterocycles. The second-order valence-electron chi connectivity index (χ2n) is 7.49. The Morgan fingerprint density at radius 2 is 1.97 bits per heavy atom. The van der Waals surface area contributed by atoms with Gasteiger partial charge in [0.05, 0.1) is 17.4 Å². The van der Waals surface area contributed by atoms with Crippen LogP contribution in [0.15, 0.2) is 53.4 Å². The molecule has 1 aliphatic rings. The number of carbonyl (C=O) groups excluding carboxylic acids is 1. The third kappa shape index (κ3) is 4.76. The summed E-state index contributed by atoms with van der Waals surface area (Å²) in [6.45, 7) is 2.42. The average molecular weight is 421 g/mol. The fourth-order valence-corrected chi connectivity index (χ4v) is 5.13. The maximum atomic E-state index is 13.3. The van der Waals surface area contributed by atoms with Gasteiger partial charge in [-0.2, -0.15) is 4.31 Å². The minimum Gasteiger partial charge on any atom is -0.497 e. The van der Waals surface area contributed by atoms with Gasteiger partial charge in [0.25, 0.3) is 0 Å². The Kier molecular flexibility index (Phi) is 6.24. The van der Waals surface area contributed by atoms with Crippen LogP contribution in [-0.2, 0) is 21.4 Å². The molecule has 2 aromatic rings. The van der Waals surface area contributed by atoms with Crippen molar-refractivity contribution in [1.29, 1.82) is 0 Å². The molecule has 2 aromatic carbocycles. The SMILES string of the molecule is COc1ccc(S(=O)(=O)N2CCC[C@@](C)(C(=O)NCc3cccc(F)c3)C2)cc1. The molecule has 0 bridgehead atoms. The molecule has 1 atom stereocenters. The number of piperidine rings is 1. The number of nitrogens with one attached hydrogen (secondary N) is 1.